The molecular weight excluding hydrogens is 413 g/mol. The maximum Gasteiger partial charge on any atom is 0.221 e. The first-order chi connectivity index (χ1) is 15.9. The molecule has 32 heavy (non-hydrogen) atoms. The van der Waals surface area contributed by atoms with Crippen LogP contribution >= 0.6 is 8.15 Å². The highest BCUT2D eigenvalue weighted by molar-refractivity contribution is 7.68. The highest BCUT2D eigenvalue weighted by Crippen LogP contribution is 2.43. The van der Waals surface area contributed by atoms with Gasteiger partial charge in [-0.1, -0.05) is 97.1 Å². The van der Waals surface area contributed by atoms with Gasteiger partial charge in [-0.25, -0.2) is 4.99 Å². The molecule has 0 radical (unpaired) electrons. The largest absolute Gasteiger partial charge is 0.471 e. The molecule has 156 valence electrons. The molecule has 0 aromatic heterocycles. The second-order valence-corrected chi connectivity index (χ2v) is 9.80. The molecule has 2 aliphatic rings. The standard InChI is InChI=1S/C28H22NO2P/c1-3-12-21(13-4-1)32(22-14-5-2-6-15-22)31-25-18-10-9-17-24(25)28-29-27-23-16-8-7-11-20(23)19-26(27)30-28/h1-18,26-27H,19H2/t26-,27+/m0/s1. The van der Waals surface area contributed by atoms with Gasteiger partial charge < -0.3 is 9.26 Å². The van der Waals surface area contributed by atoms with Gasteiger partial charge in [0.05, 0.1) is 5.56 Å². The van der Waals surface area contributed by atoms with E-state index in [1.165, 1.54) is 21.7 Å². The van der Waals surface area contributed by atoms with Crippen LogP contribution in [0.25, 0.3) is 0 Å². The van der Waals surface area contributed by atoms with Crippen molar-refractivity contribution in [2.24, 2.45) is 4.99 Å². The third kappa shape index (κ3) is 3.49. The van der Waals surface area contributed by atoms with Crippen LogP contribution in [0.3, 0.4) is 0 Å². The fourth-order valence-corrected chi connectivity index (χ4v) is 6.18. The van der Waals surface area contributed by atoms with Crippen molar-refractivity contribution in [1.82, 2.24) is 0 Å². The molecule has 1 aliphatic heterocycles. The van der Waals surface area contributed by atoms with Crippen molar-refractivity contribution in [3.63, 3.8) is 0 Å². The Hall–Kier alpha value is -3.42. The first kappa shape index (κ1) is 19.3. The summed E-state index contributed by atoms with van der Waals surface area (Å²) >= 11 is 0. The summed E-state index contributed by atoms with van der Waals surface area (Å²) in [4.78, 5) is 5.00. The van der Waals surface area contributed by atoms with E-state index in [9.17, 15) is 0 Å². The van der Waals surface area contributed by atoms with Gasteiger partial charge in [0, 0.05) is 17.0 Å². The quantitative estimate of drug-likeness (QED) is 0.385. The van der Waals surface area contributed by atoms with Crippen LogP contribution in [0.4, 0.5) is 0 Å². The molecule has 0 saturated carbocycles. The van der Waals surface area contributed by atoms with E-state index >= 15 is 0 Å². The zero-order valence-electron chi connectivity index (χ0n) is 17.5. The zero-order valence-corrected chi connectivity index (χ0v) is 18.4. The SMILES string of the molecule is c1ccc(P(Oc2ccccc2C2=N[C@@H]3c4ccccc4C[C@@H]3O2)c2ccccc2)cc1. The summed E-state index contributed by atoms with van der Waals surface area (Å²) in [5.41, 5.74) is 3.53. The highest BCUT2D eigenvalue weighted by Gasteiger charge is 2.40. The van der Waals surface area contributed by atoms with Crippen LogP contribution in [-0.4, -0.2) is 12.0 Å². The van der Waals surface area contributed by atoms with E-state index in [-0.39, 0.29) is 12.1 Å². The van der Waals surface area contributed by atoms with E-state index in [4.69, 9.17) is 14.3 Å². The minimum Gasteiger partial charge on any atom is -0.471 e. The summed E-state index contributed by atoms with van der Waals surface area (Å²) in [6.45, 7) is 0. The lowest BCUT2D eigenvalue weighted by Gasteiger charge is -2.21. The summed E-state index contributed by atoms with van der Waals surface area (Å²) in [6, 6.07) is 37.5. The van der Waals surface area contributed by atoms with Gasteiger partial charge in [0.2, 0.25) is 5.90 Å². The number of aliphatic imine (C=N–C) groups is 1. The third-order valence-electron chi connectivity index (χ3n) is 5.95. The number of rotatable bonds is 5. The Morgan fingerprint density at radius 1 is 0.719 bits per heavy atom. The Labute approximate surface area is 189 Å². The van der Waals surface area contributed by atoms with Crippen molar-refractivity contribution >= 4 is 24.7 Å². The molecule has 4 heteroatoms. The van der Waals surface area contributed by atoms with E-state index in [1.54, 1.807) is 0 Å². The summed E-state index contributed by atoms with van der Waals surface area (Å²) in [6.07, 6.45) is 0.970. The van der Waals surface area contributed by atoms with Gasteiger partial charge in [-0.2, -0.15) is 0 Å². The molecule has 4 aromatic rings. The number of benzene rings is 4. The number of hydrogen-bond donors (Lipinski definition) is 0. The molecular formula is C28H22NO2P. The fraction of sp³-hybridized carbons (Fsp3) is 0.107. The lowest BCUT2D eigenvalue weighted by Crippen LogP contribution is -2.17. The fourth-order valence-electron chi connectivity index (χ4n) is 4.43. The van der Waals surface area contributed by atoms with E-state index in [0.717, 1.165) is 17.7 Å². The Balaban J connectivity index is 1.36. The molecule has 3 nitrogen and oxygen atoms in total. The monoisotopic (exact) mass is 435 g/mol. The Morgan fingerprint density at radius 2 is 1.34 bits per heavy atom. The average Bonchev–Trinajstić information content (AvgIpc) is 3.42. The van der Waals surface area contributed by atoms with Crippen molar-refractivity contribution < 1.29 is 9.26 Å². The first-order valence-corrected chi connectivity index (χ1v) is 12.1. The minimum absolute atomic E-state index is 0.0685. The number of fused-ring (bicyclic) bond motifs is 3. The summed E-state index contributed by atoms with van der Waals surface area (Å²) in [5.74, 6) is 1.49. The predicted molar refractivity (Wildman–Crippen MR) is 130 cm³/mol. The van der Waals surface area contributed by atoms with Crippen LogP contribution in [-0.2, 0) is 11.2 Å². The normalized spacial score (nSPS) is 18.6. The molecule has 6 rings (SSSR count). The lowest BCUT2D eigenvalue weighted by molar-refractivity contribution is 0.206. The lowest BCUT2D eigenvalue weighted by atomic mass is 10.1. The Bertz CT molecular complexity index is 1230. The van der Waals surface area contributed by atoms with Gasteiger partial charge >= 0.3 is 0 Å². The topological polar surface area (TPSA) is 30.8 Å². The first-order valence-electron chi connectivity index (χ1n) is 10.9. The van der Waals surface area contributed by atoms with Crippen LogP contribution in [0.2, 0.25) is 0 Å². The number of para-hydroxylation sites is 1. The molecule has 0 fully saturated rings. The summed E-state index contributed by atoms with van der Waals surface area (Å²) < 4.78 is 13.1. The van der Waals surface area contributed by atoms with Gasteiger partial charge in [0.15, 0.2) is 8.15 Å². The molecule has 0 N–H and O–H groups in total. The van der Waals surface area contributed by atoms with Crippen LogP contribution in [0.15, 0.2) is 114 Å². The molecule has 1 aliphatic carbocycles. The third-order valence-corrected chi connectivity index (χ3v) is 7.87. The highest BCUT2D eigenvalue weighted by atomic mass is 31.1. The van der Waals surface area contributed by atoms with E-state index < -0.39 is 8.15 Å². The molecule has 0 bridgehead atoms. The molecule has 0 spiro atoms. The van der Waals surface area contributed by atoms with Crippen LogP contribution in [0.5, 0.6) is 5.75 Å². The number of hydrogen-bond acceptors (Lipinski definition) is 3. The van der Waals surface area contributed by atoms with Crippen molar-refractivity contribution in [3.05, 3.63) is 126 Å². The molecule has 0 saturated heterocycles. The van der Waals surface area contributed by atoms with Crippen molar-refractivity contribution in [2.45, 2.75) is 18.6 Å². The second-order valence-electron chi connectivity index (χ2n) is 7.99. The zero-order chi connectivity index (χ0) is 21.3. The van der Waals surface area contributed by atoms with Gasteiger partial charge in [0.1, 0.15) is 17.9 Å². The summed E-state index contributed by atoms with van der Waals surface area (Å²) in [5, 5.41) is 2.34. The van der Waals surface area contributed by atoms with Crippen LogP contribution in [0, 0.1) is 0 Å². The Kier molecular flexibility index (Phi) is 4.97. The van der Waals surface area contributed by atoms with Crippen molar-refractivity contribution in [2.75, 3.05) is 0 Å². The van der Waals surface area contributed by atoms with Crippen molar-refractivity contribution in [3.8, 4) is 5.75 Å². The van der Waals surface area contributed by atoms with Gasteiger partial charge in [-0.05, 0) is 23.3 Å². The minimum atomic E-state index is -1.02. The van der Waals surface area contributed by atoms with E-state index in [1.807, 2.05) is 36.4 Å². The maximum atomic E-state index is 6.73. The van der Waals surface area contributed by atoms with E-state index in [2.05, 4.69) is 72.8 Å². The van der Waals surface area contributed by atoms with Gasteiger partial charge in [-0.3, -0.25) is 0 Å². The van der Waals surface area contributed by atoms with Gasteiger partial charge in [-0.15, -0.1) is 0 Å². The molecule has 0 amide bonds. The average molecular weight is 435 g/mol. The maximum absolute atomic E-state index is 6.73. The van der Waals surface area contributed by atoms with Crippen molar-refractivity contribution in [1.29, 1.82) is 0 Å². The number of ether oxygens (including phenoxy) is 1. The smallest absolute Gasteiger partial charge is 0.221 e. The van der Waals surface area contributed by atoms with Gasteiger partial charge in [0.25, 0.3) is 0 Å². The van der Waals surface area contributed by atoms with E-state index in [0.29, 0.717) is 5.90 Å². The second kappa shape index (κ2) is 8.26. The molecule has 1 heterocycles. The van der Waals surface area contributed by atoms with Crippen LogP contribution in [0.1, 0.15) is 22.7 Å². The van der Waals surface area contributed by atoms with Crippen LogP contribution < -0.4 is 15.1 Å². The summed E-state index contributed by atoms with van der Waals surface area (Å²) in [7, 11) is -1.02. The molecule has 2 atom stereocenters. The molecule has 0 unspecified atom stereocenters. The number of nitrogens with zero attached hydrogens (tertiary/aromatic N) is 1. The predicted octanol–water partition coefficient (Wildman–Crippen LogP) is 5.56. The molecule has 4 aromatic carbocycles. The Morgan fingerprint density at radius 3 is 2.09 bits per heavy atom.